The smallest absolute Gasteiger partial charge is 0.249 e. The lowest BCUT2D eigenvalue weighted by Crippen LogP contribution is -2.44. The van der Waals surface area contributed by atoms with E-state index in [4.69, 9.17) is 16.3 Å². The second-order valence-corrected chi connectivity index (χ2v) is 6.51. The van der Waals surface area contributed by atoms with E-state index in [2.05, 4.69) is 18.3 Å². The molecule has 2 aromatic carbocycles. The van der Waals surface area contributed by atoms with Crippen LogP contribution in [0.15, 0.2) is 42.5 Å². The average Bonchev–Trinajstić information content (AvgIpc) is 2.90. The molecule has 0 aromatic heterocycles. The maximum Gasteiger partial charge on any atom is 0.249 e. The van der Waals surface area contributed by atoms with Gasteiger partial charge in [-0.2, -0.15) is 0 Å². The molecule has 0 saturated heterocycles. The van der Waals surface area contributed by atoms with Crippen molar-refractivity contribution in [2.24, 2.45) is 0 Å². The molecule has 2 atom stereocenters. The van der Waals surface area contributed by atoms with Gasteiger partial charge in [0.2, 0.25) is 5.91 Å². The van der Waals surface area contributed by atoms with Gasteiger partial charge in [-0.1, -0.05) is 29.8 Å². The van der Waals surface area contributed by atoms with Crippen LogP contribution in [0.3, 0.4) is 0 Å². The Kier molecular flexibility index (Phi) is 4.67. The third kappa shape index (κ3) is 3.06. The zero-order valence-electron chi connectivity index (χ0n) is 14.0. The lowest BCUT2D eigenvalue weighted by Gasteiger charge is -2.27. The Morgan fingerprint density at radius 1 is 1.33 bits per heavy atom. The number of carbonyl (C=O) groups excluding carboxylic acids is 1. The number of amides is 1. The number of anilines is 2. The van der Waals surface area contributed by atoms with Crippen LogP contribution in [0.4, 0.5) is 11.4 Å². The van der Waals surface area contributed by atoms with Crippen LogP contribution < -0.4 is 15.0 Å². The molecule has 5 heteroatoms. The Hall–Kier alpha value is -2.20. The molecule has 1 amide bonds. The molecule has 0 saturated carbocycles. The number of methoxy groups -OCH3 is 1. The van der Waals surface area contributed by atoms with Crippen molar-refractivity contribution in [3.63, 3.8) is 0 Å². The molecule has 1 aliphatic heterocycles. The molecule has 2 aromatic rings. The van der Waals surface area contributed by atoms with E-state index in [0.29, 0.717) is 10.8 Å². The molecule has 0 aliphatic carbocycles. The number of nitrogens with one attached hydrogen (secondary N) is 1. The minimum absolute atomic E-state index is 0.0550. The third-order valence-corrected chi connectivity index (χ3v) is 4.65. The van der Waals surface area contributed by atoms with Gasteiger partial charge in [0.1, 0.15) is 11.8 Å². The molecule has 1 N–H and O–H groups in total. The number of nitrogens with zero attached hydrogens (tertiary/aromatic N) is 1. The molecule has 0 unspecified atom stereocenters. The fourth-order valence-electron chi connectivity index (χ4n) is 3.18. The van der Waals surface area contributed by atoms with E-state index in [0.717, 1.165) is 17.8 Å². The number of halogens is 1. The van der Waals surface area contributed by atoms with Crippen molar-refractivity contribution in [1.82, 2.24) is 0 Å². The maximum atomic E-state index is 12.9. The number of hydrogen-bond donors (Lipinski definition) is 1. The van der Waals surface area contributed by atoms with Gasteiger partial charge in [0.15, 0.2) is 0 Å². The Morgan fingerprint density at radius 2 is 2.08 bits per heavy atom. The maximum absolute atomic E-state index is 12.9. The van der Waals surface area contributed by atoms with Gasteiger partial charge in [0.05, 0.1) is 12.1 Å². The van der Waals surface area contributed by atoms with Crippen LogP contribution in [0.5, 0.6) is 5.75 Å². The third-order valence-electron chi connectivity index (χ3n) is 4.35. The quantitative estimate of drug-likeness (QED) is 0.906. The Morgan fingerprint density at radius 3 is 2.79 bits per heavy atom. The molecule has 1 aliphatic rings. The highest BCUT2D eigenvalue weighted by Crippen LogP contribution is 2.33. The number of fused-ring (bicyclic) bond motifs is 1. The first-order chi connectivity index (χ1) is 11.5. The van der Waals surface area contributed by atoms with Crippen LogP contribution >= 0.6 is 11.6 Å². The van der Waals surface area contributed by atoms with Gasteiger partial charge in [-0.3, -0.25) is 4.79 Å². The minimum Gasteiger partial charge on any atom is -0.495 e. The van der Waals surface area contributed by atoms with Gasteiger partial charge < -0.3 is 15.0 Å². The van der Waals surface area contributed by atoms with Crippen molar-refractivity contribution in [3.8, 4) is 5.75 Å². The summed E-state index contributed by atoms with van der Waals surface area (Å²) in [6.07, 6.45) is 0.892. The van der Waals surface area contributed by atoms with E-state index in [1.807, 2.05) is 36.1 Å². The predicted octanol–water partition coefficient (Wildman–Crippen LogP) is 4.13. The highest BCUT2D eigenvalue weighted by molar-refractivity contribution is 6.32. The van der Waals surface area contributed by atoms with Crippen molar-refractivity contribution in [2.75, 3.05) is 17.3 Å². The SMILES string of the molecule is COc1ccc(N[C@@H](C)C(=O)N2c3ccccc3C[C@@H]2C)cc1Cl. The highest BCUT2D eigenvalue weighted by atomic mass is 35.5. The van der Waals surface area contributed by atoms with Crippen molar-refractivity contribution < 1.29 is 9.53 Å². The summed E-state index contributed by atoms with van der Waals surface area (Å²) in [5.74, 6) is 0.669. The van der Waals surface area contributed by atoms with Gasteiger partial charge in [0.25, 0.3) is 0 Å². The Bertz CT molecular complexity index is 763. The lowest BCUT2D eigenvalue weighted by molar-refractivity contribution is -0.119. The summed E-state index contributed by atoms with van der Waals surface area (Å²) in [5.41, 5.74) is 3.02. The molecular formula is C19H21ClN2O2. The number of benzene rings is 2. The van der Waals surface area contributed by atoms with Gasteiger partial charge in [-0.15, -0.1) is 0 Å². The normalized spacial score (nSPS) is 17.3. The van der Waals surface area contributed by atoms with Gasteiger partial charge in [-0.25, -0.2) is 0 Å². The highest BCUT2D eigenvalue weighted by Gasteiger charge is 2.32. The summed E-state index contributed by atoms with van der Waals surface area (Å²) in [6, 6.07) is 13.3. The Balaban J connectivity index is 1.77. The van der Waals surface area contributed by atoms with E-state index in [9.17, 15) is 4.79 Å². The number of rotatable bonds is 4. The number of ether oxygens (including phenoxy) is 1. The first-order valence-electron chi connectivity index (χ1n) is 8.02. The molecule has 3 rings (SSSR count). The number of hydrogen-bond acceptors (Lipinski definition) is 3. The predicted molar refractivity (Wildman–Crippen MR) is 98.2 cm³/mol. The lowest BCUT2D eigenvalue weighted by atomic mass is 10.1. The average molecular weight is 345 g/mol. The molecular weight excluding hydrogens is 324 g/mol. The van der Waals surface area contributed by atoms with Gasteiger partial charge >= 0.3 is 0 Å². The second-order valence-electron chi connectivity index (χ2n) is 6.11. The van der Waals surface area contributed by atoms with Crippen LogP contribution in [-0.4, -0.2) is 25.1 Å². The monoisotopic (exact) mass is 344 g/mol. The van der Waals surface area contributed by atoms with Crippen LogP contribution in [-0.2, 0) is 11.2 Å². The molecule has 0 bridgehead atoms. The second kappa shape index (κ2) is 6.73. The van der Waals surface area contributed by atoms with Crippen LogP contribution in [0.25, 0.3) is 0 Å². The summed E-state index contributed by atoms with van der Waals surface area (Å²) in [4.78, 5) is 14.8. The van der Waals surface area contributed by atoms with Crippen LogP contribution in [0.2, 0.25) is 5.02 Å². The first-order valence-corrected chi connectivity index (χ1v) is 8.40. The standard InChI is InChI=1S/C19H21ClN2O2/c1-12-10-14-6-4-5-7-17(14)22(12)19(23)13(2)21-15-8-9-18(24-3)16(20)11-15/h4-9,11-13,21H,10H2,1-3H3/t12-,13-/m0/s1. The minimum atomic E-state index is -0.358. The summed E-state index contributed by atoms with van der Waals surface area (Å²) >= 11 is 6.15. The van der Waals surface area contributed by atoms with Crippen molar-refractivity contribution in [1.29, 1.82) is 0 Å². The van der Waals surface area contributed by atoms with E-state index >= 15 is 0 Å². The molecule has 126 valence electrons. The molecule has 0 spiro atoms. The topological polar surface area (TPSA) is 41.6 Å². The summed E-state index contributed by atoms with van der Waals surface area (Å²) < 4.78 is 5.15. The largest absolute Gasteiger partial charge is 0.495 e. The summed E-state index contributed by atoms with van der Waals surface area (Å²) in [5, 5.41) is 3.75. The van der Waals surface area contributed by atoms with Gasteiger partial charge in [-0.05, 0) is 50.1 Å². The molecule has 4 nitrogen and oxygen atoms in total. The summed E-state index contributed by atoms with van der Waals surface area (Å²) in [6.45, 7) is 3.95. The number of para-hydroxylation sites is 1. The zero-order valence-corrected chi connectivity index (χ0v) is 14.8. The summed E-state index contributed by atoms with van der Waals surface area (Å²) in [7, 11) is 1.58. The molecule has 0 radical (unpaired) electrons. The van der Waals surface area contributed by atoms with Crippen molar-refractivity contribution in [3.05, 3.63) is 53.1 Å². The van der Waals surface area contributed by atoms with E-state index < -0.39 is 0 Å². The van der Waals surface area contributed by atoms with E-state index in [1.54, 1.807) is 19.2 Å². The van der Waals surface area contributed by atoms with E-state index in [-0.39, 0.29) is 18.0 Å². The first kappa shape index (κ1) is 16.7. The van der Waals surface area contributed by atoms with Crippen molar-refractivity contribution in [2.45, 2.75) is 32.4 Å². The fourth-order valence-corrected chi connectivity index (χ4v) is 3.44. The number of carbonyl (C=O) groups is 1. The van der Waals surface area contributed by atoms with Crippen molar-refractivity contribution >= 4 is 28.9 Å². The molecule has 24 heavy (non-hydrogen) atoms. The fraction of sp³-hybridized carbons (Fsp3) is 0.316. The van der Waals surface area contributed by atoms with Crippen LogP contribution in [0.1, 0.15) is 19.4 Å². The van der Waals surface area contributed by atoms with Gasteiger partial charge in [0, 0.05) is 17.4 Å². The Labute approximate surface area is 147 Å². The molecule has 0 fully saturated rings. The van der Waals surface area contributed by atoms with Crippen LogP contribution in [0, 0.1) is 0 Å². The zero-order chi connectivity index (χ0) is 17.3. The molecule has 1 heterocycles. The van der Waals surface area contributed by atoms with E-state index in [1.165, 1.54) is 5.56 Å².